The van der Waals surface area contributed by atoms with Gasteiger partial charge in [-0.15, -0.1) is 0 Å². The minimum Gasteiger partial charge on any atom is -0.462 e. The molecule has 3 heterocycles. The number of esters is 1. The molecule has 1 aromatic heterocycles. The zero-order chi connectivity index (χ0) is 30.9. The molecular formula is C28H41N4O9P. The highest BCUT2D eigenvalue weighted by molar-refractivity contribution is 7.52. The SMILES string of the molecule is CC(C)OC(=O)[C@H](C)NP(=O)(OC[C@H]1O[C@@H](n2ccc(N)nc2=O)C(C)(C)[C@@H]1OC1(C(C)C)CO1)Oc1ccccc1. The normalized spacial score (nSPS) is 27.0. The Morgan fingerprint density at radius 3 is 2.43 bits per heavy atom. The van der Waals surface area contributed by atoms with E-state index in [2.05, 4.69) is 10.1 Å². The number of nitrogens with one attached hydrogen (secondary N) is 1. The van der Waals surface area contributed by atoms with Gasteiger partial charge < -0.3 is 29.2 Å². The monoisotopic (exact) mass is 608 g/mol. The molecule has 6 atom stereocenters. The molecule has 0 saturated carbocycles. The van der Waals surface area contributed by atoms with Gasteiger partial charge in [0.2, 0.25) is 0 Å². The van der Waals surface area contributed by atoms with Gasteiger partial charge in [-0.1, -0.05) is 45.9 Å². The summed E-state index contributed by atoms with van der Waals surface area (Å²) in [5.74, 6) is -1.08. The Morgan fingerprint density at radius 1 is 1.19 bits per heavy atom. The van der Waals surface area contributed by atoms with Crippen LogP contribution in [0.2, 0.25) is 0 Å². The fourth-order valence-corrected chi connectivity index (χ4v) is 6.25. The zero-order valence-corrected chi connectivity index (χ0v) is 25.9. The van der Waals surface area contributed by atoms with E-state index in [9.17, 15) is 14.2 Å². The van der Waals surface area contributed by atoms with E-state index < -0.39 is 55.1 Å². The minimum absolute atomic E-state index is 0.0248. The standard InChI is InChI=1S/C28H41N4O9P/c1-17(2)28(16-36-28)40-23-21(39-25(27(23,6)7)32-14-13-22(29)30-26(32)34)15-37-42(35,41-20-11-9-8-10-12-20)31-19(5)24(33)38-18(3)4/h8-14,17-19,21,23,25H,15-16H2,1-7H3,(H,31,35)(H2,29,30,34)/t19-,21+,23+,25+,28?,42?/m0/s1. The summed E-state index contributed by atoms with van der Waals surface area (Å²) in [5.41, 5.74) is 4.31. The molecule has 2 aromatic rings. The van der Waals surface area contributed by atoms with Gasteiger partial charge >= 0.3 is 19.4 Å². The average Bonchev–Trinajstić information content (AvgIpc) is 3.65. The van der Waals surface area contributed by atoms with Crippen molar-refractivity contribution in [3.8, 4) is 5.75 Å². The third-order valence-electron chi connectivity index (χ3n) is 7.19. The largest absolute Gasteiger partial charge is 0.462 e. The lowest BCUT2D eigenvalue weighted by molar-refractivity contribution is -0.157. The van der Waals surface area contributed by atoms with Gasteiger partial charge in [-0.25, -0.2) is 9.36 Å². The number of carbonyl (C=O) groups is 1. The van der Waals surface area contributed by atoms with Crippen molar-refractivity contribution in [3.05, 3.63) is 53.1 Å². The van der Waals surface area contributed by atoms with Crippen molar-refractivity contribution in [2.24, 2.45) is 11.3 Å². The number of hydrogen-bond acceptors (Lipinski definition) is 11. The summed E-state index contributed by atoms with van der Waals surface area (Å²) in [4.78, 5) is 29.2. The number of nitrogens with two attached hydrogens (primary N) is 1. The number of aromatic nitrogens is 2. The molecule has 232 valence electrons. The van der Waals surface area contributed by atoms with Crippen molar-refractivity contribution in [3.63, 3.8) is 0 Å². The van der Waals surface area contributed by atoms with E-state index in [4.69, 9.17) is 33.7 Å². The lowest BCUT2D eigenvalue weighted by Gasteiger charge is -2.34. The lowest BCUT2D eigenvalue weighted by Crippen LogP contribution is -2.45. The van der Waals surface area contributed by atoms with E-state index in [-0.39, 0.29) is 30.2 Å². The number of hydrogen-bond donors (Lipinski definition) is 2. The third-order valence-corrected chi connectivity index (χ3v) is 8.83. The smallest absolute Gasteiger partial charge is 0.459 e. The maximum Gasteiger partial charge on any atom is 0.459 e. The lowest BCUT2D eigenvalue weighted by atomic mass is 9.84. The van der Waals surface area contributed by atoms with Gasteiger partial charge in [0.05, 0.1) is 18.8 Å². The number of carbonyl (C=O) groups excluding carboxylic acids is 1. The maximum absolute atomic E-state index is 14.1. The van der Waals surface area contributed by atoms with Gasteiger partial charge in [0.25, 0.3) is 0 Å². The molecule has 2 fully saturated rings. The van der Waals surface area contributed by atoms with Crippen LogP contribution in [-0.2, 0) is 32.8 Å². The summed E-state index contributed by atoms with van der Waals surface area (Å²) < 4.78 is 51.1. The summed E-state index contributed by atoms with van der Waals surface area (Å²) in [7, 11) is -4.19. The highest BCUT2D eigenvalue weighted by Gasteiger charge is 2.60. The molecule has 2 aliphatic rings. The van der Waals surface area contributed by atoms with Gasteiger partial charge in [0.15, 0.2) is 5.79 Å². The predicted molar refractivity (Wildman–Crippen MR) is 153 cm³/mol. The van der Waals surface area contributed by atoms with Crippen LogP contribution in [0.25, 0.3) is 0 Å². The van der Waals surface area contributed by atoms with Crippen LogP contribution in [0, 0.1) is 11.3 Å². The second-order valence-electron chi connectivity index (χ2n) is 11.7. The third kappa shape index (κ3) is 7.21. The van der Waals surface area contributed by atoms with E-state index in [1.54, 1.807) is 44.2 Å². The first-order chi connectivity index (χ1) is 19.7. The number of rotatable bonds is 13. The Balaban J connectivity index is 1.62. The molecule has 0 radical (unpaired) electrons. The van der Waals surface area contributed by atoms with Gasteiger partial charge in [0, 0.05) is 17.5 Å². The Hall–Kier alpha value is -2.80. The Bertz CT molecular complexity index is 1350. The van der Waals surface area contributed by atoms with E-state index >= 15 is 0 Å². The van der Waals surface area contributed by atoms with Crippen molar-refractivity contribution in [1.82, 2.24) is 14.6 Å². The van der Waals surface area contributed by atoms with Crippen molar-refractivity contribution >= 4 is 19.5 Å². The first-order valence-corrected chi connectivity index (χ1v) is 15.5. The molecule has 4 rings (SSSR count). The molecule has 0 aliphatic carbocycles. The second-order valence-corrected chi connectivity index (χ2v) is 13.4. The number of ether oxygens (including phenoxy) is 4. The van der Waals surface area contributed by atoms with E-state index in [1.165, 1.54) is 23.8 Å². The van der Waals surface area contributed by atoms with Crippen LogP contribution in [0.1, 0.15) is 54.7 Å². The molecule has 2 unspecified atom stereocenters. The molecule has 0 spiro atoms. The van der Waals surface area contributed by atoms with Crippen LogP contribution in [0.3, 0.4) is 0 Å². The molecule has 1 aromatic carbocycles. The highest BCUT2D eigenvalue weighted by Crippen LogP contribution is 2.52. The first-order valence-electron chi connectivity index (χ1n) is 14.0. The summed E-state index contributed by atoms with van der Waals surface area (Å²) in [6.45, 7) is 12.8. The molecule has 0 bridgehead atoms. The molecular weight excluding hydrogens is 567 g/mol. The zero-order valence-electron chi connectivity index (χ0n) is 25.0. The molecule has 3 N–H and O–H groups in total. The van der Waals surface area contributed by atoms with Crippen LogP contribution in [0.5, 0.6) is 5.75 Å². The summed E-state index contributed by atoms with van der Waals surface area (Å²) in [5, 5.41) is 2.68. The van der Waals surface area contributed by atoms with Gasteiger partial charge in [-0.05, 0) is 39.0 Å². The fraction of sp³-hybridized carbons (Fsp3) is 0.607. The van der Waals surface area contributed by atoms with E-state index in [0.717, 1.165) is 0 Å². The van der Waals surface area contributed by atoms with Crippen LogP contribution in [-0.4, -0.2) is 58.9 Å². The average molecular weight is 609 g/mol. The second kappa shape index (κ2) is 12.4. The number of epoxide rings is 1. The Labute approximate surface area is 245 Å². The number of para-hydroxylation sites is 1. The van der Waals surface area contributed by atoms with Crippen LogP contribution < -0.4 is 21.0 Å². The number of anilines is 1. The van der Waals surface area contributed by atoms with E-state index in [1.807, 2.05) is 27.7 Å². The summed E-state index contributed by atoms with van der Waals surface area (Å²) >= 11 is 0. The van der Waals surface area contributed by atoms with Gasteiger partial charge in [-0.2, -0.15) is 10.1 Å². The Kier molecular flexibility index (Phi) is 9.51. The van der Waals surface area contributed by atoms with Crippen molar-refractivity contribution in [1.29, 1.82) is 0 Å². The first kappa shape index (κ1) is 32.1. The van der Waals surface area contributed by atoms with E-state index in [0.29, 0.717) is 6.61 Å². The number of nitrogen functional groups attached to an aromatic ring is 1. The van der Waals surface area contributed by atoms with Gasteiger partial charge in [0.1, 0.15) is 36.5 Å². The fourth-order valence-electron chi connectivity index (χ4n) is 4.74. The number of nitrogens with zero attached hydrogens (tertiary/aromatic N) is 2. The molecule has 0 amide bonds. The minimum atomic E-state index is -4.19. The molecule has 14 heteroatoms. The molecule has 2 aliphatic heterocycles. The Morgan fingerprint density at radius 2 is 1.86 bits per heavy atom. The molecule has 42 heavy (non-hydrogen) atoms. The van der Waals surface area contributed by atoms with Crippen LogP contribution >= 0.6 is 7.75 Å². The quantitative estimate of drug-likeness (QED) is 0.193. The van der Waals surface area contributed by atoms with Crippen molar-refractivity contribution in [2.45, 2.75) is 84.8 Å². The van der Waals surface area contributed by atoms with Crippen molar-refractivity contribution in [2.75, 3.05) is 18.9 Å². The van der Waals surface area contributed by atoms with Crippen molar-refractivity contribution < 1.29 is 37.4 Å². The molecule has 2 saturated heterocycles. The van der Waals surface area contributed by atoms with Gasteiger partial charge in [-0.3, -0.25) is 13.9 Å². The number of benzene rings is 1. The topological polar surface area (TPSA) is 166 Å². The summed E-state index contributed by atoms with van der Waals surface area (Å²) in [6, 6.07) is 8.92. The summed E-state index contributed by atoms with van der Waals surface area (Å²) in [6.07, 6.45) is -1.20. The predicted octanol–water partition coefficient (Wildman–Crippen LogP) is 3.65. The maximum atomic E-state index is 14.1. The van der Waals surface area contributed by atoms with Crippen LogP contribution in [0.4, 0.5) is 5.82 Å². The molecule has 13 nitrogen and oxygen atoms in total. The van der Waals surface area contributed by atoms with Crippen LogP contribution in [0.15, 0.2) is 47.4 Å². The highest BCUT2D eigenvalue weighted by atomic mass is 31.2.